The summed E-state index contributed by atoms with van der Waals surface area (Å²) < 4.78 is 4.77. The number of hydrogen-bond acceptors (Lipinski definition) is 4. The molecule has 5 heteroatoms. The summed E-state index contributed by atoms with van der Waals surface area (Å²) >= 11 is 0. The summed E-state index contributed by atoms with van der Waals surface area (Å²) in [7, 11) is 1.30. The molecule has 1 aromatic heterocycles. The van der Waals surface area contributed by atoms with Crippen LogP contribution < -0.4 is 5.32 Å². The van der Waals surface area contributed by atoms with Crippen LogP contribution in [-0.4, -0.2) is 24.0 Å². The standard InChI is InChI=1S/C18H20N2O3/c1-10-6-7-16(19-13(10)4)20-17(21)14-8-11(2)12(3)9-15(14)18(22)23-5/h6-9H,1-5H3,(H,19,20,21). The fourth-order valence-corrected chi connectivity index (χ4v) is 2.17. The third kappa shape index (κ3) is 3.56. The van der Waals surface area contributed by atoms with Gasteiger partial charge in [-0.2, -0.15) is 0 Å². The number of pyridine rings is 1. The molecule has 1 aromatic carbocycles. The molecule has 0 atom stereocenters. The number of amides is 1. The Balaban J connectivity index is 2.40. The minimum atomic E-state index is -0.536. The summed E-state index contributed by atoms with van der Waals surface area (Å²) in [6.07, 6.45) is 0. The Bertz CT molecular complexity index is 782. The van der Waals surface area contributed by atoms with Gasteiger partial charge in [-0.15, -0.1) is 0 Å². The molecule has 0 spiro atoms. The number of hydrogen-bond donors (Lipinski definition) is 1. The minimum Gasteiger partial charge on any atom is -0.465 e. The zero-order valence-corrected chi connectivity index (χ0v) is 14.0. The molecule has 0 aliphatic heterocycles. The molecule has 2 rings (SSSR count). The second kappa shape index (κ2) is 6.60. The highest BCUT2D eigenvalue weighted by Crippen LogP contribution is 2.19. The molecule has 0 saturated carbocycles. The van der Waals surface area contributed by atoms with E-state index in [9.17, 15) is 9.59 Å². The van der Waals surface area contributed by atoms with E-state index in [-0.39, 0.29) is 17.0 Å². The Morgan fingerprint density at radius 3 is 2.13 bits per heavy atom. The molecular formula is C18H20N2O3. The van der Waals surface area contributed by atoms with E-state index < -0.39 is 5.97 Å². The summed E-state index contributed by atoms with van der Waals surface area (Å²) in [4.78, 5) is 28.8. The quantitative estimate of drug-likeness (QED) is 0.882. The first-order valence-corrected chi connectivity index (χ1v) is 7.28. The van der Waals surface area contributed by atoms with Gasteiger partial charge in [0.25, 0.3) is 5.91 Å². The predicted molar refractivity (Wildman–Crippen MR) is 88.9 cm³/mol. The topological polar surface area (TPSA) is 68.3 Å². The fraction of sp³-hybridized carbons (Fsp3) is 0.278. The van der Waals surface area contributed by atoms with Gasteiger partial charge in [-0.1, -0.05) is 6.07 Å². The van der Waals surface area contributed by atoms with E-state index in [0.29, 0.717) is 5.82 Å². The molecule has 2 aromatic rings. The molecule has 23 heavy (non-hydrogen) atoms. The summed E-state index contributed by atoms with van der Waals surface area (Å²) in [6.45, 7) is 7.60. The van der Waals surface area contributed by atoms with Crippen LogP contribution in [0.4, 0.5) is 5.82 Å². The fourth-order valence-electron chi connectivity index (χ4n) is 2.17. The smallest absolute Gasteiger partial charge is 0.338 e. The van der Waals surface area contributed by atoms with Crippen molar-refractivity contribution >= 4 is 17.7 Å². The number of carbonyl (C=O) groups excluding carboxylic acids is 2. The van der Waals surface area contributed by atoms with Crippen LogP contribution in [0.1, 0.15) is 43.1 Å². The SMILES string of the molecule is COC(=O)c1cc(C)c(C)cc1C(=O)Nc1ccc(C)c(C)n1. The molecule has 0 radical (unpaired) electrons. The normalized spacial score (nSPS) is 10.3. The van der Waals surface area contributed by atoms with Crippen molar-refractivity contribution < 1.29 is 14.3 Å². The second-order valence-electron chi connectivity index (χ2n) is 5.53. The van der Waals surface area contributed by atoms with Crippen LogP contribution >= 0.6 is 0 Å². The van der Waals surface area contributed by atoms with E-state index in [0.717, 1.165) is 22.4 Å². The minimum absolute atomic E-state index is 0.247. The Morgan fingerprint density at radius 2 is 1.57 bits per heavy atom. The highest BCUT2D eigenvalue weighted by molar-refractivity contribution is 6.11. The van der Waals surface area contributed by atoms with Gasteiger partial charge in [-0.05, 0) is 62.6 Å². The van der Waals surface area contributed by atoms with Crippen molar-refractivity contribution in [3.63, 3.8) is 0 Å². The van der Waals surface area contributed by atoms with Crippen molar-refractivity contribution in [1.82, 2.24) is 4.98 Å². The average Bonchev–Trinajstić information content (AvgIpc) is 2.52. The van der Waals surface area contributed by atoms with E-state index in [4.69, 9.17) is 4.74 Å². The third-order valence-electron chi connectivity index (χ3n) is 3.88. The number of anilines is 1. The zero-order chi connectivity index (χ0) is 17.1. The lowest BCUT2D eigenvalue weighted by atomic mass is 9.99. The molecule has 0 unspecified atom stereocenters. The van der Waals surface area contributed by atoms with Crippen LogP contribution in [0.15, 0.2) is 24.3 Å². The van der Waals surface area contributed by atoms with Crippen LogP contribution in [0.2, 0.25) is 0 Å². The van der Waals surface area contributed by atoms with E-state index in [1.54, 1.807) is 18.2 Å². The molecule has 0 bridgehead atoms. The van der Waals surface area contributed by atoms with Crippen LogP contribution in [0.5, 0.6) is 0 Å². The van der Waals surface area contributed by atoms with Crippen LogP contribution in [0.25, 0.3) is 0 Å². The maximum atomic E-state index is 12.6. The Labute approximate surface area is 135 Å². The first kappa shape index (κ1) is 16.7. The summed E-state index contributed by atoms with van der Waals surface area (Å²) in [6, 6.07) is 6.99. The first-order chi connectivity index (χ1) is 10.8. The molecular weight excluding hydrogens is 292 g/mol. The van der Waals surface area contributed by atoms with Crippen molar-refractivity contribution in [2.75, 3.05) is 12.4 Å². The number of nitrogens with one attached hydrogen (secondary N) is 1. The van der Waals surface area contributed by atoms with E-state index in [1.807, 2.05) is 33.8 Å². The van der Waals surface area contributed by atoms with E-state index >= 15 is 0 Å². The maximum absolute atomic E-state index is 12.6. The van der Waals surface area contributed by atoms with Gasteiger partial charge < -0.3 is 10.1 Å². The Kier molecular flexibility index (Phi) is 4.79. The molecule has 1 N–H and O–H groups in total. The summed E-state index contributed by atoms with van der Waals surface area (Å²) in [5.41, 5.74) is 4.26. The summed E-state index contributed by atoms with van der Waals surface area (Å²) in [5.74, 6) is -0.470. The van der Waals surface area contributed by atoms with Gasteiger partial charge in [0.2, 0.25) is 0 Å². The van der Waals surface area contributed by atoms with E-state index in [2.05, 4.69) is 10.3 Å². The first-order valence-electron chi connectivity index (χ1n) is 7.28. The molecule has 120 valence electrons. The van der Waals surface area contributed by atoms with Gasteiger partial charge >= 0.3 is 5.97 Å². The molecule has 0 fully saturated rings. The molecule has 0 aliphatic carbocycles. The zero-order valence-electron chi connectivity index (χ0n) is 14.0. The average molecular weight is 312 g/mol. The lowest BCUT2D eigenvalue weighted by molar-refractivity contribution is 0.0597. The summed E-state index contributed by atoms with van der Waals surface area (Å²) in [5, 5.41) is 2.73. The van der Waals surface area contributed by atoms with Crippen molar-refractivity contribution in [2.45, 2.75) is 27.7 Å². The van der Waals surface area contributed by atoms with Crippen LogP contribution in [-0.2, 0) is 4.74 Å². The molecule has 0 aliphatic rings. The van der Waals surface area contributed by atoms with E-state index in [1.165, 1.54) is 7.11 Å². The van der Waals surface area contributed by atoms with Crippen molar-refractivity contribution in [2.24, 2.45) is 0 Å². The molecule has 5 nitrogen and oxygen atoms in total. The Morgan fingerprint density at radius 1 is 0.957 bits per heavy atom. The predicted octanol–water partition coefficient (Wildman–Crippen LogP) is 3.35. The van der Waals surface area contributed by atoms with Gasteiger partial charge in [0.1, 0.15) is 5.82 Å². The number of nitrogens with zero attached hydrogens (tertiary/aromatic N) is 1. The van der Waals surface area contributed by atoms with Crippen molar-refractivity contribution in [3.05, 3.63) is 57.8 Å². The van der Waals surface area contributed by atoms with Gasteiger partial charge in [-0.25, -0.2) is 9.78 Å². The Hall–Kier alpha value is -2.69. The number of rotatable bonds is 3. The van der Waals surface area contributed by atoms with Crippen molar-refractivity contribution in [3.8, 4) is 0 Å². The largest absolute Gasteiger partial charge is 0.465 e. The maximum Gasteiger partial charge on any atom is 0.338 e. The number of carbonyl (C=O) groups is 2. The number of aromatic nitrogens is 1. The monoisotopic (exact) mass is 312 g/mol. The molecule has 1 heterocycles. The molecule has 0 saturated heterocycles. The van der Waals surface area contributed by atoms with Gasteiger partial charge in [0, 0.05) is 5.69 Å². The van der Waals surface area contributed by atoms with Crippen LogP contribution in [0.3, 0.4) is 0 Å². The van der Waals surface area contributed by atoms with Gasteiger partial charge in [0.15, 0.2) is 0 Å². The number of benzene rings is 1. The number of aryl methyl sites for hydroxylation is 4. The third-order valence-corrected chi connectivity index (χ3v) is 3.88. The number of ether oxygens (including phenoxy) is 1. The van der Waals surface area contributed by atoms with Gasteiger partial charge in [0.05, 0.1) is 18.2 Å². The lowest BCUT2D eigenvalue weighted by Crippen LogP contribution is -2.18. The van der Waals surface area contributed by atoms with Crippen LogP contribution in [0, 0.1) is 27.7 Å². The second-order valence-corrected chi connectivity index (χ2v) is 5.53. The number of methoxy groups -OCH3 is 1. The number of esters is 1. The highest BCUT2D eigenvalue weighted by Gasteiger charge is 2.19. The van der Waals surface area contributed by atoms with Gasteiger partial charge in [-0.3, -0.25) is 4.79 Å². The highest BCUT2D eigenvalue weighted by atomic mass is 16.5. The van der Waals surface area contributed by atoms with Crippen molar-refractivity contribution in [1.29, 1.82) is 0 Å². The molecule has 1 amide bonds. The lowest BCUT2D eigenvalue weighted by Gasteiger charge is -2.12.